The summed E-state index contributed by atoms with van der Waals surface area (Å²) in [6.07, 6.45) is -4.80. The Morgan fingerprint density at radius 1 is 1.48 bits per heavy atom. The van der Waals surface area contributed by atoms with Gasteiger partial charge < -0.3 is 14.7 Å². The summed E-state index contributed by atoms with van der Waals surface area (Å²) in [5, 5.41) is 6.38. The van der Waals surface area contributed by atoms with E-state index < -0.39 is 17.5 Å². The van der Waals surface area contributed by atoms with E-state index in [9.17, 15) is 18.0 Å². The molecule has 118 valence electrons. The highest BCUT2D eigenvalue weighted by atomic mass is 19.4. The molecule has 1 N–H and O–H groups in total. The van der Waals surface area contributed by atoms with Crippen molar-refractivity contribution in [3.63, 3.8) is 0 Å². The molecular weight excluding hydrogens is 287 g/mol. The van der Waals surface area contributed by atoms with Gasteiger partial charge in [-0.1, -0.05) is 5.16 Å². The number of nitrogens with zero attached hydrogens (tertiary/aromatic N) is 2. The maximum atomic E-state index is 13.3. The van der Waals surface area contributed by atoms with Crippen LogP contribution < -0.4 is 5.32 Å². The Bertz CT molecular complexity index is 514. The van der Waals surface area contributed by atoms with Gasteiger partial charge in [0.25, 0.3) is 0 Å². The topological polar surface area (TPSA) is 58.4 Å². The molecule has 1 unspecified atom stereocenters. The monoisotopic (exact) mass is 305 g/mol. The summed E-state index contributed by atoms with van der Waals surface area (Å²) in [6.45, 7) is 3.23. The quantitative estimate of drug-likeness (QED) is 0.925. The predicted molar refractivity (Wildman–Crippen MR) is 68.4 cm³/mol. The van der Waals surface area contributed by atoms with E-state index in [1.165, 1.54) is 7.05 Å². The van der Waals surface area contributed by atoms with Crippen LogP contribution in [0.5, 0.6) is 0 Å². The van der Waals surface area contributed by atoms with E-state index >= 15 is 0 Å². The smallest absolute Gasteiger partial charge is 0.361 e. The lowest BCUT2D eigenvalue weighted by Gasteiger charge is -2.33. The summed E-state index contributed by atoms with van der Waals surface area (Å²) >= 11 is 0. The third-order valence-electron chi connectivity index (χ3n) is 4.03. The molecule has 0 spiro atoms. The molecule has 1 fully saturated rings. The molecule has 0 aromatic carbocycles. The van der Waals surface area contributed by atoms with Crippen molar-refractivity contribution in [1.29, 1.82) is 0 Å². The standard InChI is InChI=1S/C13H18F3N3O2/c1-8-10(9(2)21-18-8)6-19(3)11(20)12(13(14,15)16)4-5-17-7-12/h17H,4-7H2,1-3H3. The number of hydrogen-bond donors (Lipinski definition) is 1. The third-order valence-corrected chi connectivity index (χ3v) is 4.03. The molecule has 0 aliphatic carbocycles. The number of hydrogen-bond acceptors (Lipinski definition) is 4. The molecule has 1 aromatic heterocycles. The third kappa shape index (κ3) is 2.64. The number of rotatable bonds is 3. The van der Waals surface area contributed by atoms with Crippen LogP contribution in [-0.4, -0.2) is 42.3 Å². The maximum absolute atomic E-state index is 13.3. The number of amides is 1. The second kappa shape index (κ2) is 5.32. The predicted octanol–water partition coefficient (Wildman–Crippen LogP) is 1.79. The van der Waals surface area contributed by atoms with Gasteiger partial charge in [0.05, 0.1) is 12.2 Å². The first kappa shape index (κ1) is 15.8. The van der Waals surface area contributed by atoms with E-state index in [0.717, 1.165) is 4.90 Å². The van der Waals surface area contributed by atoms with Gasteiger partial charge in [0.1, 0.15) is 5.76 Å². The summed E-state index contributed by atoms with van der Waals surface area (Å²) in [4.78, 5) is 13.5. The van der Waals surface area contributed by atoms with E-state index in [2.05, 4.69) is 10.5 Å². The fourth-order valence-electron chi connectivity index (χ4n) is 2.64. The van der Waals surface area contributed by atoms with Crippen LogP contribution in [0.1, 0.15) is 23.4 Å². The molecule has 2 heterocycles. The van der Waals surface area contributed by atoms with E-state index in [1.54, 1.807) is 13.8 Å². The summed E-state index contributed by atoms with van der Waals surface area (Å²) in [5.74, 6) is -0.405. The van der Waals surface area contributed by atoms with Crippen LogP contribution in [0.2, 0.25) is 0 Å². The molecule has 1 aromatic rings. The molecule has 0 saturated carbocycles. The molecule has 0 bridgehead atoms. The lowest BCUT2D eigenvalue weighted by atomic mass is 9.84. The Morgan fingerprint density at radius 3 is 2.57 bits per heavy atom. The summed E-state index contributed by atoms with van der Waals surface area (Å²) in [5.41, 5.74) is -1.10. The highest BCUT2D eigenvalue weighted by Crippen LogP contribution is 2.44. The van der Waals surface area contributed by atoms with Crippen molar-refractivity contribution in [2.45, 2.75) is 33.0 Å². The molecule has 1 amide bonds. The zero-order valence-electron chi connectivity index (χ0n) is 12.2. The molecule has 0 radical (unpaired) electrons. The minimum absolute atomic E-state index is 0.0534. The van der Waals surface area contributed by atoms with Gasteiger partial charge >= 0.3 is 6.18 Å². The van der Waals surface area contributed by atoms with E-state index in [4.69, 9.17) is 4.52 Å². The summed E-state index contributed by atoms with van der Waals surface area (Å²) in [7, 11) is 1.38. The van der Waals surface area contributed by atoms with Crippen molar-refractivity contribution in [3.05, 3.63) is 17.0 Å². The lowest BCUT2D eigenvalue weighted by molar-refractivity contribution is -0.221. The Hall–Kier alpha value is -1.57. The minimum Gasteiger partial charge on any atom is -0.361 e. The normalized spacial score (nSPS) is 22.6. The number of aryl methyl sites for hydroxylation is 2. The zero-order valence-corrected chi connectivity index (χ0v) is 12.2. The first-order valence-electron chi connectivity index (χ1n) is 6.64. The number of halogens is 3. The van der Waals surface area contributed by atoms with Crippen molar-refractivity contribution >= 4 is 5.91 Å². The molecule has 21 heavy (non-hydrogen) atoms. The van der Waals surface area contributed by atoms with Crippen molar-refractivity contribution in [2.75, 3.05) is 20.1 Å². The number of aromatic nitrogens is 1. The van der Waals surface area contributed by atoms with Crippen LogP contribution in [0, 0.1) is 19.3 Å². The van der Waals surface area contributed by atoms with E-state index in [1.807, 2.05) is 0 Å². The van der Waals surface area contributed by atoms with Gasteiger partial charge in [0, 0.05) is 19.2 Å². The highest BCUT2D eigenvalue weighted by molar-refractivity contribution is 5.84. The Balaban J connectivity index is 2.22. The maximum Gasteiger partial charge on any atom is 0.404 e. The average molecular weight is 305 g/mol. The zero-order chi connectivity index (χ0) is 15.8. The van der Waals surface area contributed by atoms with Gasteiger partial charge in [-0.15, -0.1) is 0 Å². The number of nitrogens with one attached hydrogen (secondary N) is 1. The van der Waals surface area contributed by atoms with Crippen LogP contribution in [0.25, 0.3) is 0 Å². The Labute approximate surface area is 120 Å². The van der Waals surface area contributed by atoms with Gasteiger partial charge in [-0.25, -0.2) is 0 Å². The van der Waals surface area contributed by atoms with Crippen molar-refractivity contribution in [1.82, 2.24) is 15.4 Å². The van der Waals surface area contributed by atoms with Gasteiger partial charge in [0.2, 0.25) is 5.91 Å². The SMILES string of the molecule is Cc1noc(C)c1CN(C)C(=O)C1(C(F)(F)F)CCNC1. The molecule has 8 heteroatoms. The molecule has 1 aliphatic rings. The molecule has 1 atom stereocenters. The van der Waals surface area contributed by atoms with Crippen LogP contribution in [0.4, 0.5) is 13.2 Å². The first-order valence-corrected chi connectivity index (χ1v) is 6.64. The number of carbonyl (C=O) groups is 1. The Kier molecular flexibility index (Phi) is 4.01. The molecular formula is C13H18F3N3O2. The Morgan fingerprint density at radius 2 is 2.14 bits per heavy atom. The van der Waals surface area contributed by atoms with Gasteiger partial charge in [-0.3, -0.25) is 4.79 Å². The van der Waals surface area contributed by atoms with Crippen LogP contribution in [0.15, 0.2) is 4.52 Å². The van der Waals surface area contributed by atoms with Crippen molar-refractivity contribution < 1.29 is 22.5 Å². The van der Waals surface area contributed by atoms with Crippen molar-refractivity contribution in [2.24, 2.45) is 5.41 Å². The largest absolute Gasteiger partial charge is 0.404 e. The molecule has 2 rings (SSSR count). The van der Waals surface area contributed by atoms with Crippen LogP contribution in [0.3, 0.4) is 0 Å². The lowest BCUT2D eigenvalue weighted by Crippen LogP contribution is -2.52. The average Bonchev–Trinajstić information content (AvgIpc) is 3.00. The second-order valence-electron chi connectivity index (χ2n) is 5.47. The molecule has 1 saturated heterocycles. The highest BCUT2D eigenvalue weighted by Gasteiger charge is 2.62. The molecule has 5 nitrogen and oxygen atoms in total. The second-order valence-corrected chi connectivity index (χ2v) is 5.47. The first-order chi connectivity index (χ1) is 9.69. The van der Waals surface area contributed by atoms with Crippen molar-refractivity contribution in [3.8, 4) is 0 Å². The fourth-order valence-corrected chi connectivity index (χ4v) is 2.64. The fraction of sp³-hybridized carbons (Fsp3) is 0.692. The van der Waals surface area contributed by atoms with E-state index in [-0.39, 0.29) is 26.1 Å². The minimum atomic E-state index is -4.57. The number of carbonyl (C=O) groups excluding carboxylic acids is 1. The molecule has 1 aliphatic heterocycles. The van der Waals surface area contributed by atoms with Gasteiger partial charge in [-0.05, 0) is 26.8 Å². The van der Waals surface area contributed by atoms with Gasteiger partial charge in [0.15, 0.2) is 5.41 Å². The number of alkyl halides is 3. The van der Waals surface area contributed by atoms with Crippen LogP contribution >= 0.6 is 0 Å². The van der Waals surface area contributed by atoms with E-state index in [0.29, 0.717) is 17.0 Å². The summed E-state index contributed by atoms with van der Waals surface area (Å²) in [6, 6.07) is 0. The van der Waals surface area contributed by atoms with Crippen LogP contribution in [-0.2, 0) is 11.3 Å². The summed E-state index contributed by atoms with van der Waals surface area (Å²) < 4.78 is 45.0. The van der Waals surface area contributed by atoms with Gasteiger partial charge in [-0.2, -0.15) is 13.2 Å².